The summed E-state index contributed by atoms with van der Waals surface area (Å²) in [7, 11) is 0. The maximum Gasteiger partial charge on any atom is 0.250 e. The fourth-order valence-electron chi connectivity index (χ4n) is 2.36. The van der Waals surface area contributed by atoms with Gasteiger partial charge < -0.3 is 5.32 Å². The second-order valence-corrected chi connectivity index (χ2v) is 4.39. The molecule has 2 aliphatic heterocycles. The van der Waals surface area contributed by atoms with Crippen LogP contribution >= 0.6 is 12.4 Å². The molecule has 0 aromatic carbocycles. The van der Waals surface area contributed by atoms with E-state index in [9.17, 15) is 8.78 Å². The van der Waals surface area contributed by atoms with Crippen molar-refractivity contribution >= 4 is 12.4 Å². The van der Waals surface area contributed by atoms with Gasteiger partial charge in [-0.15, -0.1) is 12.4 Å². The Balaban J connectivity index is 0.00000112. The third-order valence-electron chi connectivity index (χ3n) is 3.32. The Labute approximate surface area is 95.8 Å². The lowest BCUT2D eigenvalue weighted by Crippen LogP contribution is -2.50. The Morgan fingerprint density at radius 3 is 2.40 bits per heavy atom. The molecule has 2 saturated heterocycles. The van der Waals surface area contributed by atoms with E-state index in [0.29, 0.717) is 19.1 Å². The smallest absolute Gasteiger partial charge is 0.250 e. The molecule has 2 rings (SSSR count). The van der Waals surface area contributed by atoms with Gasteiger partial charge in [0.1, 0.15) is 0 Å². The van der Waals surface area contributed by atoms with Crippen LogP contribution in [0.15, 0.2) is 0 Å². The molecule has 0 aromatic heterocycles. The Morgan fingerprint density at radius 2 is 1.87 bits per heavy atom. The zero-order valence-corrected chi connectivity index (χ0v) is 9.66. The monoisotopic (exact) mass is 240 g/mol. The van der Waals surface area contributed by atoms with E-state index < -0.39 is 5.92 Å². The zero-order chi connectivity index (χ0) is 10.0. The molecule has 2 fully saturated rings. The van der Waals surface area contributed by atoms with Gasteiger partial charge in [0, 0.05) is 38.5 Å². The van der Waals surface area contributed by atoms with Crippen molar-refractivity contribution in [2.24, 2.45) is 0 Å². The molecular weight excluding hydrogens is 222 g/mol. The molecule has 5 heteroatoms. The molecule has 2 aliphatic rings. The number of nitrogens with one attached hydrogen (secondary N) is 1. The molecule has 1 N–H and O–H groups in total. The zero-order valence-electron chi connectivity index (χ0n) is 8.85. The van der Waals surface area contributed by atoms with Gasteiger partial charge in [-0.25, -0.2) is 8.78 Å². The Bertz CT molecular complexity index is 186. The van der Waals surface area contributed by atoms with Gasteiger partial charge in [0.25, 0.3) is 5.92 Å². The molecule has 0 aromatic rings. The van der Waals surface area contributed by atoms with Crippen molar-refractivity contribution in [2.75, 3.05) is 26.2 Å². The van der Waals surface area contributed by atoms with Crippen LogP contribution in [0.4, 0.5) is 8.78 Å². The van der Waals surface area contributed by atoms with E-state index >= 15 is 0 Å². The maximum absolute atomic E-state index is 12.9. The van der Waals surface area contributed by atoms with Gasteiger partial charge in [0.2, 0.25) is 0 Å². The number of hydrogen-bond acceptors (Lipinski definition) is 2. The molecule has 2 nitrogen and oxygen atoms in total. The molecule has 1 unspecified atom stereocenters. The van der Waals surface area contributed by atoms with Gasteiger partial charge >= 0.3 is 0 Å². The Hall–Kier alpha value is 0.0700. The molecule has 0 saturated carbocycles. The lowest BCUT2D eigenvalue weighted by Gasteiger charge is -2.39. The molecule has 2 heterocycles. The minimum Gasteiger partial charge on any atom is -0.315 e. The predicted octanol–water partition coefficient (Wildman–Crippen LogP) is 1.89. The van der Waals surface area contributed by atoms with Gasteiger partial charge in [0.05, 0.1) is 0 Å². The second-order valence-electron chi connectivity index (χ2n) is 4.39. The van der Waals surface area contributed by atoms with Crippen molar-refractivity contribution in [1.29, 1.82) is 0 Å². The van der Waals surface area contributed by atoms with Gasteiger partial charge in [-0.05, 0) is 19.4 Å². The maximum atomic E-state index is 12.9. The topological polar surface area (TPSA) is 15.3 Å². The number of rotatable bonds is 1. The van der Waals surface area contributed by atoms with Crippen LogP contribution in [0.3, 0.4) is 0 Å². The van der Waals surface area contributed by atoms with Crippen LogP contribution in [-0.4, -0.2) is 43.0 Å². The molecule has 0 aliphatic carbocycles. The highest BCUT2D eigenvalue weighted by molar-refractivity contribution is 5.85. The SMILES string of the molecule is Cl.FC1(F)CCN(C2CCCNC2)CC1. The van der Waals surface area contributed by atoms with Gasteiger partial charge in [-0.1, -0.05) is 0 Å². The Kier molecular flexibility index (Phi) is 4.74. The van der Waals surface area contributed by atoms with E-state index in [1.165, 1.54) is 12.8 Å². The molecule has 0 spiro atoms. The van der Waals surface area contributed by atoms with E-state index in [-0.39, 0.29) is 25.2 Å². The molecule has 1 atom stereocenters. The number of piperidine rings is 2. The number of alkyl halides is 2. The predicted molar refractivity (Wildman–Crippen MR) is 58.9 cm³/mol. The molecule has 15 heavy (non-hydrogen) atoms. The Morgan fingerprint density at radius 1 is 1.20 bits per heavy atom. The molecular formula is C10H19ClF2N2. The van der Waals surface area contributed by atoms with E-state index in [1.54, 1.807) is 0 Å². The summed E-state index contributed by atoms with van der Waals surface area (Å²) < 4.78 is 25.8. The van der Waals surface area contributed by atoms with Crippen molar-refractivity contribution in [3.05, 3.63) is 0 Å². The van der Waals surface area contributed by atoms with Crippen molar-refractivity contribution in [1.82, 2.24) is 10.2 Å². The van der Waals surface area contributed by atoms with Crippen molar-refractivity contribution < 1.29 is 8.78 Å². The average molecular weight is 241 g/mol. The molecule has 90 valence electrons. The highest BCUT2D eigenvalue weighted by Gasteiger charge is 2.36. The normalized spacial score (nSPS) is 32.0. The summed E-state index contributed by atoms with van der Waals surface area (Å²) in [6, 6.07) is 0.500. The quantitative estimate of drug-likeness (QED) is 0.753. The van der Waals surface area contributed by atoms with Crippen LogP contribution in [0.1, 0.15) is 25.7 Å². The van der Waals surface area contributed by atoms with E-state index in [0.717, 1.165) is 13.1 Å². The highest BCUT2D eigenvalue weighted by Crippen LogP contribution is 2.29. The fourth-order valence-corrected chi connectivity index (χ4v) is 2.36. The number of halogens is 3. The molecule has 0 radical (unpaired) electrons. The summed E-state index contributed by atoms with van der Waals surface area (Å²) in [5.41, 5.74) is 0. The van der Waals surface area contributed by atoms with Crippen LogP contribution in [0.2, 0.25) is 0 Å². The minimum atomic E-state index is -2.40. The third kappa shape index (κ3) is 3.54. The van der Waals surface area contributed by atoms with Crippen LogP contribution in [0, 0.1) is 0 Å². The lowest BCUT2D eigenvalue weighted by molar-refractivity contribution is -0.0644. The van der Waals surface area contributed by atoms with Crippen molar-refractivity contribution in [2.45, 2.75) is 37.6 Å². The lowest BCUT2D eigenvalue weighted by atomic mass is 10.0. The first-order valence-electron chi connectivity index (χ1n) is 5.50. The summed E-state index contributed by atoms with van der Waals surface area (Å²) in [6.45, 7) is 3.20. The van der Waals surface area contributed by atoms with E-state index in [1.807, 2.05) is 0 Å². The van der Waals surface area contributed by atoms with Gasteiger partial charge in [-0.2, -0.15) is 0 Å². The summed E-state index contributed by atoms with van der Waals surface area (Å²) in [5.74, 6) is -2.40. The van der Waals surface area contributed by atoms with Crippen LogP contribution in [0.5, 0.6) is 0 Å². The highest BCUT2D eigenvalue weighted by atomic mass is 35.5. The van der Waals surface area contributed by atoms with Gasteiger partial charge in [-0.3, -0.25) is 4.90 Å². The van der Waals surface area contributed by atoms with E-state index in [4.69, 9.17) is 0 Å². The van der Waals surface area contributed by atoms with Crippen LogP contribution < -0.4 is 5.32 Å². The second kappa shape index (κ2) is 5.41. The largest absolute Gasteiger partial charge is 0.315 e. The first-order chi connectivity index (χ1) is 6.67. The first kappa shape index (κ1) is 13.1. The third-order valence-corrected chi connectivity index (χ3v) is 3.32. The van der Waals surface area contributed by atoms with Crippen molar-refractivity contribution in [3.8, 4) is 0 Å². The van der Waals surface area contributed by atoms with Crippen molar-refractivity contribution in [3.63, 3.8) is 0 Å². The molecule has 0 amide bonds. The minimum absolute atomic E-state index is 0. The standard InChI is InChI=1S/C10H18F2N2.ClH/c11-10(12)3-6-14(7-4-10)9-2-1-5-13-8-9;/h9,13H,1-8H2;1H. The number of nitrogens with zero attached hydrogens (tertiary/aromatic N) is 1. The summed E-state index contributed by atoms with van der Waals surface area (Å²) in [4.78, 5) is 2.23. The summed E-state index contributed by atoms with van der Waals surface area (Å²) in [5, 5.41) is 3.32. The fraction of sp³-hybridized carbons (Fsp3) is 1.00. The van der Waals surface area contributed by atoms with Crippen LogP contribution in [-0.2, 0) is 0 Å². The van der Waals surface area contributed by atoms with Crippen LogP contribution in [0.25, 0.3) is 0 Å². The average Bonchev–Trinajstić information content (AvgIpc) is 2.19. The summed E-state index contributed by atoms with van der Waals surface area (Å²) in [6.07, 6.45) is 2.43. The molecule has 0 bridgehead atoms. The van der Waals surface area contributed by atoms with Gasteiger partial charge in [0.15, 0.2) is 0 Å². The first-order valence-corrected chi connectivity index (χ1v) is 5.50. The number of likely N-dealkylation sites (tertiary alicyclic amines) is 1. The number of hydrogen-bond donors (Lipinski definition) is 1. The van der Waals surface area contributed by atoms with E-state index in [2.05, 4.69) is 10.2 Å². The summed E-state index contributed by atoms with van der Waals surface area (Å²) >= 11 is 0.